The zero-order valence-corrected chi connectivity index (χ0v) is 7.84. The van der Waals surface area contributed by atoms with Gasteiger partial charge in [-0.3, -0.25) is 0 Å². The van der Waals surface area contributed by atoms with Gasteiger partial charge in [0.25, 0.3) is 0 Å². The van der Waals surface area contributed by atoms with Gasteiger partial charge in [-0.15, -0.1) is 0 Å². The molecule has 1 heterocycles. The summed E-state index contributed by atoms with van der Waals surface area (Å²) in [6.07, 6.45) is 4.05. The van der Waals surface area contributed by atoms with Crippen LogP contribution in [0.5, 0.6) is 0 Å². The summed E-state index contributed by atoms with van der Waals surface area (Å²) < 4.78 is 28.4. The lowest BCUT2D eigenvalue weighted by molar-refractivity contribution is -0.557. The molecular weight excluding hydrogens is 182 g/mol. The van der Waals surface area contributed by atoms with Crippen molar-refractivity contribution in [3.63, 3.8) is 0 Å². The van der Waals surface area contributed by atoms with E-state index >= 15 is 0 Å². The number of piperidine rings is 1. The summed E-state index contributed by atoms with van der Waals surface area (Å²) in [4.78, 5) is 10.4. The monoisotopic (exact) mass is 195 g/mol. The van der Waals surface area contributed by atoms with Gasteiger partial charge in [-0.1, -0.05) is 0 Å². The van der Waals surface area contributed by atoms with Crippen LogP contribution < -0.4 is 0 Å². The Bertz CT molecular complexity index is 218. The van der Waals surface area contributed by atoms with Crippen molar-refractivity contribution in [2.45, 2.75) is 19.3 Å². The maximum Gasteiger partial charge on any atom is 0.192 e. The Morgan fingerprint density at radius 2 is 1.50 bits per heavy atom. The molecule has 0 aromatic carbocycles. The second-order valence-electron chi connectivity index (χ2n) is 2.69. The lowest BCUT2D eigenvalue weighted by atomic mass is 10.2. The van der Waals surface area contributed by atoms with Crippen LogP contribution in [0.25, 0.3) is 0 Å². The Hall–Kier alpha value is -0.490. The van der Waals surface area contributed by atoms with Gasteiger partial charge >= 0.3 is 0 Å². The average Bonchev–Trinajstić information content (AvgIpc) is 1.85. The quantitative estimate of drug-likeness (QED) is 0.406. The van der Waals surface area contributed by atoms with Gasteiger partial charge in [0.2, 0.25) is 0 Å². The second-order valence-corrected chi connectivity index (χ2v) is 4.10. The minimum absolute atomic E-state index is 0.604. The van der Waals surface area contributed by atoms with Crippen molar-refractivity contribution in [3.05, 3.63) is 4.91 Å². The van der Waals surface area contributed by atoms with Gasteiger partial charge in [-0.2, -0.15) is 0 Å². The fourth-order valence-corrected chi connectivity index (χ4v) is 0.865. The molecular formula is C6H13NO4S. The summed E-state index contributed by atoms with van der Waals surface area (Å²) in [5.41, 5.74) is 0. The lowest BCUT2D eigenvalue weighted by Crippen LogP contribution is -2.16. The summed E-state index contributed by atoms with van der Waals surface area (Å²) in [5, 5.41) is 0. The third kappa shape index (κ3) is 12.2. The number of hydrogen-bond acceptors (Lipinski definition) is 4. The average molecular weight is 195 g/mol. The van der Waals surface area contributed by atoms with E-state index in [0.717, 1.165) is 30.7 Å². The van der Waals surface area contributed by atoms with Crippen LogP contribution in [0.1, 0.15) is 19.3 Å². The van der Waals surface area contributed by atoms with Crippen molar-refractivity contribution in [2.75, 3.05) is 19.3 Å². The van der Waals surface area contributed by atoms with Crippen LogP contribution >= 0.6 is 0 Å². The summed E-state index contributed by atoms with van der Waals surface area (Å²) in [6.45, 7) is 1.53. The van der Waals surface area contributed by atoms with E-state index < -0.39 is 10.1 Å². The Balaban J connectivity index is 0.000000217. The SMILES string of the molecule is CS(=O)(=O)[O-].O=[N+]1CCCCC1. The molecule has 72 valence electrons. The van der Waals surface area contributed by atoms with E-state index in [1.54, 1.807) is 0 Å². The van der Waals surface area contributed by atoms with Gasteiger partial charge in [0.05, 0.1) is 10.1 Å². The van der Waals surface area contributed by atoms with E-state index in [-0.39, 0.29) is 0 Å². The van der Waals surface area contributed by atoms with Crippen LogP contribution in [-0.4, -0.2) is 37.1 Å². The van der Waals surface area contributed by atoms with Crippen LogP contribution in [-0.2, 0) is 10.1 Å². The van der Waals surface area contributed by atoms with Crippen LogP contribution in [0.4, 0.5) is 0 Å². The lowest BCUT2D eigenvalue weighted by Gasteiger charge is -1.99. The van der Waals surface area contributed by atoms with E-state index in [9.17, 15) is 4.91 Å². The number of nitrogens with zero attached hydrogens (tertiary/aromatic N) is 1. The maximum atomic E-state index is 10.4. The Labute approximate surface area is 72.1 Å². The normalized spacial score (nSPS) is 18.0. The molecule has 0 atom stereocenters. The molecule has 0 aliphatic carbocycles. The zero-order valence-electron chi connectivity index (χ0n) is 7.02. The summed E-state index contributed by atoms with van der Waals surface area (Å²) in [5.74, 6) is 0. The van der Waals surface area contributed by atoms with Gasteiger partial charge in [0.15, 0.2) is 13.1 Å². The first-order valence-electron chi connectivity index (χ1n) is 3.72. The van der Waals surface area contributed by atoms with E-state index in [0.29, 0.717) is 6.26 Å². The van der Waals surface area contributed by atoms with Crippen LogP contribution in [0.3, 0.4) is 0 Å². The molecule has 0 amide bonds. The maximum absolute atomic E-state index is 10.4. The van der Waals surface area contributed by atoms with Gasteiger partial charge in [0, 0.05) is 24.0 Å². The third-order valence-corrected chi connectivity index (χ3v) is 1.32. The third-order valence-electron chi connectivity index (χ3n) is 1.32. The molecule has 1 fully saturated rings. The van der Waals surface area contributed by atoms with E-state index in [1.165, 1.54) is 6.42 Å². The smallest absolute Gasteiger partial charge is 0.192 e. The van der Waals surface area contributed by atoms with Crippen molar-refractivity contribution < 1.29 is 17.7 Å². The molecule has 0 N–H and O–H groups in total. The predicted octanol–water partition coefficient (Wildman–Crippen LogP) is 0.111. The van der Waals surface area contributed by atoms with Gasteiger partial charge < -0.3 is 4.55 Å². The van der Waals surface area contributed by atoms with Gasteiger partial charge in [-0.05, 0) is 11.2 Å². The van der Waals surface area contributed by atoms with Crippen molar-refractivity contribution >= 4 is 10.1 Å². The number of rotatable bonds is 0. The summed E-state index contributed by atoms with van der Waals surface area (Å²) in [7, 11) is -3.92. The second kappa shape index (κ2) is 5.21. The molecule has 12 heavy (non-hydrogen) atoms. The summed E-state index contributed by atoms with van der Waals surface area (Å²) in [6, 6.07) is 0. The van der Waals surface area contributed by atoms with Crippen molar-refractivity contribution in [2.24, 2.45) is 0 Å². The molecule has 0 aromatic rings. The minimum atomic E-state index is -3.92. The Kier molecular flexibility index (Phi) is 5.00. The molecule has 1 saturated heterocycles. The van der Waals surface area contributed by atoms with E-state index in [2.05, 4.69) is 0 Å². The zero-order chi connectivity index (χ0) is 9.61. The minimum Gasteiger partial charge on any atom is -0.748 e. The van der Waals surface area contributed by atoms with Gasteiger partial charge in [-0.25, -0.2) is 8.42 Å². The predicted molar refractivity (Wildman–Crippen MR) is 42.8 cm³/mol. The largest absolute Gasteiger partial charge is 0.748 e. The molecule has 0 bridgehead atoms. The highest BCUT2D eigenvalue weighted by Gasteiger charge is 2.12. The fourth-order valence-electron chi connectivity index (χ4n) is 0.865. The first kappa shape index (κ1) is 11.5. The van der Waals surface area contributed by atoms with Crippen molar-refractivity contribution in [1.29, 1.82) is 0 Å². The topological polar surface area (TPSA) is 77.3 Å². The summed E-state index contributed by atoms with van der Waals surface area (Å²) >= 11 is 0. The molecule has 0 unspecified atom stereocenters. The van der Waals surface area contributed by atoms with Crippen LogP contribution in [0, 0.1) is 4.91 Å². The Morgan fingerprint density at radius 1 is 1.17 bits per heavy atom. The van der Waals surface area contributed by atoms with Crippen LogP contribution in [0.15, 0.2) is 0 Å². The highest BCUT2D eigenvalue weighted by atomic mass is 32.2. The molecule has 1 rings (SSSR count). The van der Waals surface area contributed by atoms with Crippen molar-refractivity contribution in [3.8, 4) is 0 Å². The molecule has 1 aliphatic heterocycles. The first-order valence-corrected chi connectivity index (χ1v) is 5.54. The molecule has 5 nitrogen and oxygen atoms in total. The molecule has 6 heteroatoms. The van der Waals surface area contributed by atoms with Crippen LogP contribution in [0.2, 0.25) is 0 Å². The molecule has 0 saturated carbocycles. The number of hydrogen-bond donors (Lipinski definition) is 0. The molecule has 0 aromatic heterocycles. The first-order chi connectivity index (χ1) is 5.39. The molecule has 0 spiro atoms. The van der Waals surface area contributed by atoms with Crippen molar-refractivity contribution in [1.82, 2.24) is 0 Å². The highest BCUT2D eigenvalue weighted by molar-refractivity contribution is 7.84. The molecule has 0 radical (unpaired) electrons. The van der Waals surface area contributed by atoms with E-state index in [1.807, 2.05) is 0 Å². The highest BCUT2D eigenvalue weighted by Crippen LogP contribution is 2.01. The number of nitroso groups, excluding NO2 is 1. The van der Waals surface area contributed by atoms with E-state index in [4.69, 9.17) is 13.0 Å². The molecule has 1 aliphatic rings. The van der Waals surface area contributed by atoms with Gasteiger partial charge in [0.1, 0.15) is 0 Å². The Morgan fingerprint density at radius 3 is 1.67 bits per heavy atom. The standard InChI is InChI=1S/C5H10NO.CH4O3S/c7-6-4-2-1-3-5-6;1-5(2,3)4/h1-5H2;1H3,(H,2,3,4)/q+1;/p-1. The fraction of sp³-hybridized carbons (Fsp3) is 1.00.